The highest BCUT2D eigenvalue weighted by atomic mass is 16.3. The molecule has 5 aromatic rings. The Labute approximate surface area is 125 Å². The Morgan fingerprint density at radius 3 is 2.59 bits per heavy atom. The summed E-state index contributed by atoms with van der Waals surface area (Å²) in [5.74, 6) is 0.550. The van der Waals surface area contributed by atoms with E-state index in [0.29, 0.717) is 5.89 Å². The fourth-order valence-electron chi connectivity index (χ4n) is 2.76. The zero-order valence-corrected chi connectivity index (χ0v) is 11.6. The molecule has 0 aliphatic carbocycles. The van der Waals surface area contributed by atoms with Crippen molar-refractivity contribution in [3.8, 4) is 11.6 Å². The van der Waals surface area contributed by atoms with Gasteiger partial charge >= 0.3 is 0 Å². The Bertz CT molecular complexity index is 1050. The minimum atomic E-state index is 0.550. The van der Waals surface area contributed by atoms with Gasteiger partial charge in [-0.25, -0.2) is 9.50 Å². The molecular weight excluding hydrogens is 274 g/mol. The predicted octanol–water partition coefficient (Wildman–Crippen LogP) is 4.30. The molecule has 4 nitrogen and oxygen atoms in total. The second-order valence-electron chi connectivity index (χ2n) is 5.29. The number of oxazole rings is 1. The molecule has 22 heavy (non-hydrogen) atoms. The zero-order valence-electron chi connectivity index (χ0n) is 11.6. The summed E-state index contributed by atoms with van der Waals surface area (Å²) in [7, 11) is 0. The van der Waals surface area contributed by atoms with Crippen LogP contribution < -0.4 is 0 Å². The quantitative estimate of drug-likeness (QED) is 0.461. The molecule has 3 aromatic heterocycles. The van der Waals surface area contributed by atoms with Crippen molar-refractivity contribution < 1.29 is 4.42 Å². The number of aromatic nitrogens is 3. The summed E-state index contributed by atoms with van der Waals surface area (Å²) in [6, 6.07) is 20.1. The van der Waals surface area contributed by atoms with Crippen LogP contribution in [0.5, 0.6) is 0 Å². The van der Waals surface area contributed by atoms with Gasteiger partial charge in [-0.2, -0.15) is 5.10 Å². The third-order valence-corrected chi connectivity index (χ3v) is 3.84. The number of pyridine rings is 1. The lowest BCUT2D eigenvalue weighted by Crippen LogP contribution is -1.87. The van der Waals surface area contributed by atoms with Crippen LogP contribution in [0.1, 0.15) is 0 Å². The van der Waals surface area contributed by atoms with Crippen molar-refractivity contribution in [3.63, 3.8) is 0 Å². The largest absolute Gasteiger partial charge is 0.435 e. The molecule has 0 radical (unpaired) electrons. The van der Waals surface area contributed by atoms with E-state index in [-0.39, 0.29) is 0 Å². The van der Waals surface area contributed by atoms with E-state index in [1.165, 1.54) is 5.39 Å². The van der Waals surface area contributed by atoms with Crippen LogP contribution in [0.3, 0.4) is 0 Å². The first kappa shape index (κ1) is 11.5. The molecular formula is C18H11N3O. The lowest BCUT2D eigenvalue weighted by molar-refractivity contribution is 0.615. The van der Waals surface area contributed by atoms with E-state index in [9.17, 15) is 0 Å². The van der Waals surface area contributed by atoms with Gasteiger partial charge in [0, 0.05) is 11.6 Å². The van der Waals surface area contributed by atoms with Gasteiger partial charge in [0.15, 0.2) is 5.58 Å². The van der Waals surface area contributed by atoms with Crippen molar-refractivity contribution in [3.05, 3.63) is 66.9 Å². The monoisotopic (exact) mass is 285 g/mol. The summed E-state index contributed by atoms with van der Waals surface area (Å²) >= 11 is 0. The van der Waals surface area contributed by atoms with E-state index in [0.717, 1.165) is 27.7 Å². The fourth-order valence-corrected chi connectivity index (χ4v) is 2.76. The lowest BCUT2D eigenvalue weighted by Gasteiger charge is -1.98. The van der Waals surface area contributed by atoms with E-state index >= 15 is 0 Å². The molecule has 4 heteroatoms. The van der Waals surface area contributed by atoms with E-state index < -0.39 is 0 Å². The zero-order chi connectivity index (χ0) is 14.5. The summed E-state index contributed by atoms with van der Waals surface area (Å²) in [6.07, 6.45) is 2.02. The molecule has 104 valence electrons. The van der Waals surface area contributed by atoms with Crippen molar-refractivity contribution in [2.45, 2.75) is 0 Å². The summed E-state index contributed by atoms with van der Waals surface area (Å²) in [4.78, 5) is 4.51. The first-order chi connectivity index (χ1) is 10.9. The molecule has 0 aliphatic heterocycles. The molecule has 2 aromatic carbocycles. The number of fused-ring (bicyclic) bond motifs is 3. The highest BCUT2D eigenvalue weighted by Gasteiger charge is 2.12. The molecule has 0 saturated heterocycles. The molecule has 5 rings (SSSR count). The first-order valence-corrected chi connectivity index (χ1v) is 7.11. The average molecular weight is 285 g/mol. The highest BCUT2D eigenvalue weighted by Crippen LogP contribution is 2.25. The Morgan fingerprint density at radius 1 is 0.864 bits per heavy atom. The maximum absolute atomic E-state index is 5.79. The third kappa shape index (κ3) is 1.64. The SMILES string of the molecule is c1ccc2cn3nc(-c4nc5ccccc5o4)cc3cc2c1. The fraction of sp³-hybridized carbons (Fsp3) is 0. The predicted molar refractivity (Wildman–Crippen MR) is 85.7 cm³/mol. The van der Waals surface area contributed by atoms with Crippen molar-refractivity contribution >= 4 is 27.4 Å². The van der Waals surface area contributed by atoms with Gasteiger partial charge in [0.05, 0.1) is 5.52 Å². The summed E-state index contributed by atoms with van der Waals surface area (Å²) in [6.45, 7) is 0. The molecule has 3 heterocycles. The number of benzene rings is 2. The molecule has 0 bridgehead atoms. The van der Waals surface area contributed by atoms with Gasteiger partial charge in [-0.1, -0.05) is 36.4 Å². The van der Waals surface area contributed by atoms with Crippen LogP contribution in [0.15, 0.2) is 71.3 Å². The number of rotatable bonds is 1. The average Bonchev–Trinajstić information content (AvgIpc) is 3.15. The van der Waals surface area contributed by atoms with Gasteiger partial charge in [0.2, 0.25) is 5.89 Å². The third-order valence-electron chi connectivity index (χ3n) is 3.84. The van der Waals surface area contributed by atoms with Crippen molar-refractivity contribution in [2.24, 2.45) is 0 Å². The first-order valence-electron chi connectivity index (χ1n) is 7.11. The van der Waals surface area contributed by atoms with E-state index in [4.69, 9.17) is 4.42 Å². The number of hydrogen-bond acceptors (Lipinski definition) is 3. The maximum atomic E-state index is 5.79. The molecule has 0 amide bonds. The van der Waals surface area contributed by atoms with Crippen LogP contribution >= 0.6 is 0 Å². The van der Waals surface area contributed by atoms with Gasteiger partial charge in [0.25, 0.3) is 0 Å². The van der Waals surface area contributed by atoms with Gasteiger partial charge in [-0.05, 0) is 29.7 Å². The maximum Gasteiger partial charge on any atom is 0.248 e. The van der Waals surface area contributed by atoms with Crippen LogP contribution in [-0.4, -0.2) is 14.6 Å². The normalized spacial score (nSPS) is 11.6. The van der Waals surface area contributed by atoms with E-state index in [1.807, 2.05) is 53.2 Å². The summed E-state index contributed by atoms with van der Waals surface area (Å²) < 4.78 is 7.66. The minimum absolute atomic E-state index is 0.550. The Hall–Kier alpha value is -3.14. The van der Waals surface area contributed by atoms with Gasteiger partial charge in [-0.15, -0.1) is 0 Å². The van der Waals surface area contributed by atoms with Crippen molar-refractivity contribution in [1.29, 1.82) is 0 Å². The number of nitrogens with zero attached hydrogens (tertiary/aromatic N) is 3. The van der Waals surface area contributed by atoms with Crippen molar-refractivity contribution in [2.75, 3.05) is 0 Å². The van der Waals surface area contributed by atoms with Crippen molar-refractivity contribution in [1.82, 2.24) is 14.6 Å². The lowest BCUT2D eigenvalue weighted by atomic mass is 10.2. The molecule has 0 unspecified atom stereocenters. The van der Waals surface area contributed by atoms with Gasteiger partial charge in [0.1, 0.15) is 11.2 Å². The second-order valence-corrected chi connectivity index (χ2v) is 5.29. The molecule has 0 atom stereocenters. The second kappa shape index (κ2) is 4.18. The van der Waals surface area contributed by atoms with Gasteiger partial charge in [-0.3, -0.25) is 0 Å². The van der Waals surface area contributed by atoms with Crippen LogP contribution in [0.4, 0.5) is 0 Å². The van der Waals surface area contributed by atoms with E-state index in [1.54, 1.807) is 0 Å². The standard InChI is InChI=1S/C18H11N3O/c1-2-6-13-11-21-14(9-12(13)5-1)10-16(20-21)18-19-15-7-3-4-8-17(15)22-18/h1-11H. The molecule has 0 aliphatic rings. The molecule has 0 saturated carbocycles. The molecule has 0 spiro atoms. The van der Waals surface area contributed by atoms with Crippen LogP contribution in [0.25, 0.3) is 39.0 Å². The highest BCUT2D eigenvalue weighted by molar-refractivity contribution is 5.86. The van der Waals surface area contributed by atoms with Gasteiger partial charge < -0.3 is 4.42 Å². The van der Waals surface area contributed by atoms with Crippen LogP contribution in [0, 0.1) is 0 Å². The van der Waals surface area contributed by atoms with Crippen LogP contribution in [0.2, 0.25) is 0 Å². The Balaban J connectivity index is 1.75. The smallest absolute Gasteiger partial charge is 0.248 e. The number of para-hydroxylation sites is 2. The number of hydrogen-bond donors (Lipinski definition) is 0. The Kier molecular flexibility index (Phi) is 2.19. The topological polar surface area (TPSA) is 43.3 Å². The van der Waals surface area contributed by atoms with Crippen LogP contribution in [-0.2, 0) is 0 Å². The molecule has 0 N–H and O–H groups in total. The summed E-state index contributed by atoms with van der Waals surface area (Å²) in [5.41, 5.74) is 3.39. The minimum Gasteiger partial charge on any atom is -0.435 e. The Morgan fingerprint density at radius 2 is 1.68 bits per heavy atom. The van der Waals surface area contributed by atoms with E-state index in [2.05, 4.69) is 28.3 Å². The summed E-state index contributed by atoms with van der Waals surface area (Å²) in [5, 5.41) is 6.94. The molecule has 0 fully saturated rings.